The number of rotatable bonds is 2. The van der Waals surface area contributed by atoms with E-state index in [1.807, 2.05) is 18.2 Å². The summed E-state index contributed by atoms with van der Waals surface area (Å²) in [6.45, 7) is 2.66. The molecule has 0 bridgehead atoms. The quantitative estimate of drug-likeness (QED) is 0.815. The zero-order valence-electron chi connectivity index (χ0n) is 12.0. The summed E-state index contributed by atoms with van der Waals surface area (Å²) in [5.74, 6) is -0.689. The molecule has 0 aromatic heterocycles. The molecule has 114 valence electrons. The summed E-state index contributed by atoms with van der Waals surface area (Å²) >= 11 is 3.55. The van der Waals surface area contributed by atoms with E-state index in [1.165, 1.54) is 12.1 Å². The number of carbonyl (C=O) groups is 1. The lowest BCUT2D eigenvalue weighted by Gasteiger charge is -2.36. The Hall–Kier alpha value is -1.88. The van der Waals surface area contributed by atoms with E-state index in [9.17, 15) is 9.18 Å². The van der Waals surface area contributed by atoms with Gasteiger partial charge in [0.1, 0.15) is 5.82 Å². The van der Waals surface area contributed by atoms with Crippen LogP contribution in [0.2, 0.25) is 0 Å². The highest BCUT2D eigenvalue weighted by Crippen LogP contribution is 2.26. The second-order valence-corrected chi connectivity index (χ2v) is 6.06. The van der Waals surface area contributed by atoms with Gasteiger partial charge in [-0.25, -0.2) is 4.39 Å². The highest BCUT2D eigenvalue weighted by molar-refractivity contribution is 9.10. The minimum absolute atomic E-state index is 0.150. The van der Waals surface area contributed by atoms with Gasteiger partial charge in [-0.3, -0.25) is 4.79 Å². The van der Waals surface area contributed by atoms with Gasteiger partial charge in [0.05, 0.1) is 11.3 Å². The van der Waals surface area contributed by atoms with E-state index in [1.54, 1.807) is 17.0 Å². The Morgan fingerprint density at radius 1 is 0.955 bits per heavy atom. The third-order valence-electron chi connectivity index (χ3n) is 3.86. The number of piperazine rings is 1. The second-order valence-electron chi connectivity index (χ2n) is 5.21. The smallest absolute Gasteiger partial charge is 0.256 e. The molecule has 0 spiro atoms. The molecule has 1 aliphatic rings. The van der Waals surface area contributed by atoms with E-state index in [0.717, 1.165) is 23.2 Å². The maximum atomic E-state index is 13.7. The van der Waals surface area contributed by atoms with E-state index in [-0.39, 0.29) is 11.5 Å². The second kappa shape index (κ2) is 6.48. The van der Waals surface area contributed by atoms with Gasteiger partial charge in [0.15, 0.2) is 0 Å². The van der Waals surface area contributed by atoms with Gasteiger partial charge in [-0.05, 0) is 40.2 Å². The van der Waals surface area contributed by atoms with Crippen LogP contribution < -0.4 is 4.90 Å². The Labute approximate surface area is 137 Å². The van der Waals surface area contributed by atoms with Crippen LogP contribution in [0.4, 0.5) is 10.1 Å². The molecule has 3 nitrogen and oxygen atoms in total. The summed E-state index contributed by atoms with van der Waals surface area (Å²) in [6, 6.07) is 14.2. The Kier molecular flexibility index (Phi) is 4.43. The van der Waals surface area contributed by atoms with Crippen molar-refractivity contribution in [1.82, 2.24) is 4.90 Å². The molecular weight excluding hydrogens is 347 g/mol. The fourth-order valence-electron chi connectivity index (χ4n) is 2.66. The highest BCUT2D eigenvalue weighted by Gasteiger charge is 2.24. The molecule has 3 rings (SSSR count). The fourth-order valence-corrected chi connectivity index (χ4v) is 3.20. The summed E-state index contributed by atoms with van der Waals surface area (Å²) in [6.07, 6.45) is 0. The minimum Gasteiger partial charge on any atom is -0.367 e. The van der Waals surface area contributed by atoms with Crippen molar-refractivity contribution in [2.24, 2.45) is 0 Å². The van der Waals surface area contributed by atoms with Gasteiger partial charge < -0.3 is 9.80 Å². The standard InChI is InChI=1S/C17H16BrFN2O/c18-14-6-2-4-8-16(14)20-9-11-21(12-10-20)17(22)13-5-1-3-7-15(13)19/h1-8H,9-12H2. The Balaban J connectivity index is 1.68. The van der Waals surface area contributed by atoms with Crippen LogP contribution in [0.25, 0.3) is 0 Å². The van der Waals surface area contributed by atoms with Gasteiger partial charge >= 0.3 is 0 Å². The topological polar surface area (TPSA) is 23.6 Å². The van der Waals surface area contributed by atoms with Crippen molar-refractivity contribution in [1.29, 1.82) is 0 Å². The summed E-state index contributed by atoms with van der Waals surface area (Å²) < 4.78 is 14.8. The first kappa shape index (κ1) is 15.0. The van der Waals surface area contributed by atoms with Crippen LogP contribution in [0.3, 0.4) is 0 Å². The zero-order chi connectivity index (χ0) is 15.5. The molecular formula is C17H16BrFN2O. The Bertz CT molecular complexity index is 684. The number of para-hydroxylation sites is 1. The van der Waals surface area contributed by atoms with Gasteiger partial charge in [0, 0.05) is 30.7 Å². The first-order chi connectivity index (χ1) is 10.7. The third-order valence-corrected chi connectivity index (χ3v) is 4.53. The normalized spacial score (nSPS) is 15.0. The van der Waals surface area contributed by atoms with E-state index < -0.39 is 5.82 Å². The first-order valence-electron chi connectivity index (χ1n) is 7.20. The van der Waals surface area contributed by atoms with Crippen molar-refractivity contribution >= 4 is 27.5 Å². The number of hydrogen-bond donors (Lipinski definition) is 0. The van der Waals surface area contributed by atoms with Crippen LogP contribution in [0.15, 0.2) is 53.0 Å². The van der Waals surface area contributed by atoms with Crippen molar-refractivity contribution < 1.29 is 9.18 Å². The average Bonchev–Trinajstić information content (AvgIpc) is 2.55. The lowest BCUT2D eigenvalue weighted by Crippen LogP contribution is -2.49. The molecule has 5 heteroatoms. The molecule has 2 aromatic rings. The van der Waals surface area contributed by atoms with Crippen LogP contribution in [0.1, 0.15) is 10.4 Å². The average molecular weight is 363 g/mol. The van der Waals surface area contributed by atoms with Crippen molar-refractivity contribution in [3.05, 3.63) is 64.4 Å². The van der Waals surface area contributed by atoms with Crippen LogP contribution in [-0.2, 0) is 0 Å². The van der Waals surface area contributed by atoms with Gasteiger partial charge in [0.2, 0.25) is 0 Å². The molecule has 1 amide bonds. The van der Waals surface area contributed by atoms with Crippen LogP contribution in [0.5, 0.6) is 0 Å². The number of benzene rings is 2. The monoisotopic (exact) mass is 362 g/mol. The van der Waals surface area contributed by atoms with Crippen molar-refractivity contribution in [2.45, 2.75) is 0 Å². The molecule has 0 N–H and O–H groups in total. The molecule has 22 heavy (non-hydrogen) atoms. The summed E-state index contributed by atoms with van der Waals surface area (Å²) in [7, 11) is 0. The lowest BCUT2D eigenvalue weighted by molar-refractivity contribution is 0.0742. The van der Waals surface area contributed by atoms with Gasteiger partial charge in [-0.2, -0.15) is 0 Å². The number of carbonyl (C=O) groups excluding carboxylic acids is 1. The van der Waals surface area contributed by atoms with Gasteiger partial charge in [-0.15, -0.1) is 0 Å². The number of halogens is 2. The summed E-state index contributed by atoms with van der Waals surface area (Å²) in [5, 5.41) is 0. The SMILES string of the molecule is O=C(c1ccccc1F)N1CCN(c2ccccc2Br)CC1. The summed E-state index contributed by atoms with van der Waals surface area (Å²) in [5.41, 5.74) is 1.28. The predicted octanol–water partition coefficient (Wildman–Crippen LogP) is 3.55. The number of hydrogen-bond acceptors (Lipinski definition) is 2. The van der Waals surface area contributed by atoms with Crippen LogP contribution in [-0.4, -0.2) is 37.0 Å². The highest BCUT2D eigenvalue weighted by atomic mass is 79.9. The van der Waals surface area contributed by atoms with Crippen molar-refractivity contribution in [3.8, 4) is 0 Å². The lowest BCUT2D eigenvalue weighted by atomic mass is 10.1. The number of nitrogens with zero attached hydrogens (tertiary/aromatic N) is 2. The molecule has 0 unspecified atom stereocenters. The van der Waals surface area contributed by atoms with E-state index in [2.05, 4.69) is 26.9 Å². The Morgan fingerprint density at radius 2 is 1.59 bits per heavy atom. The molecule has 0 atom stereocenters. The largest absolute Gasteiger partial charge is 0.367 e. The third kappa shape index (κ3) is 2.99. The molecule has 2 aromatic carbocycles. The van der Waals surface area contributed by atoms with Crippen molar-refractivity contribution in [2.75, 3.05) is 31.1 Å². The first-order valence-corrected chi connectivity index (χ1v) is 7.99. The number of amides is 1. The van der Waals surface area contributed by atoms with Crippen LogP contribution >= 0.6 is 15.9 Å². The predicted molar refractivity (Wildman–Crippen MR) is 88.7 cm³/mol. The molecule has 1 aliphatic heterocycles. The molecule has 1 heterocycles. The van der Waals surface area contributed by atoms with E-state index >= 15 is 0 Å². The van der Waals surface area contributed by atoms with Gasteiger partial charge in [-0.1, -0.05) is 24.3 Å². The number of anilines is 1. The molecule has 1 fully saturated rings. The van der Waals surface area contributed by atoms with Crippen molar-refractivity contribution in [3.63, 3.8) is 0 Å². The molecule has 0 radical (unpaired) electrons. The Morgan fingerprint density at radius 3 is 2.27 bits per heavy atom. The maximum Gasteiger partial charge on any atom is 0.256 e. The van der Waals surface area contributed by atoms with E-state index in [0.29, 0.717) is 13.1 Å². The fraction of sp³-hybridized carbons (Fsp3) is 0.235. The molecule has 0 aliphatic carbocycles. The van der Waals surface area contributed by atoms with E-state index in [4.69, 9.17) is 0 Å². The minimum atomic E-state index is -0.458. The van der Waals surface area contributed by atoms with Gasteiger partial charge in [0.25, 0.3) is 5.91 Å². The summed E-state index contributed by atoms with van der Waals surface area (Å²) in [4.78, 5) is 16.3. The molecule has 1 saturated heterocycles. The molecule has 0 saturated carbocycles. The maximum absolute atomic E-state index is 13.7. The zero-order valence-corrected chi connectivity index (χ0v) is 13.6. The van der Waals surface area contributed by atoms with Crippen LogP contribution in [0, 0.1) is 5.82 Å².